The second kappa shape index (κ2) is 13.4. The van der Waals surface area contributed by atoms with Gasteiger partial charge in [0.05, 0.1) is 29.7 Å². The van der Waals surface area contributed by atoms with Gasteiger partial charge in [0.15, 0.2) is 0 Å². The molecule has 0 saturated heterocycles. The third-order valence-electron chi connectivity index (χ3n) is 6.09. The van der Waals surface area contributed by atoms with Crippen molar-refractivity contribution in [1.29, 1.82) is 0 Å². The summed E-state index contributed by atoms with van der Waals surface area (Å²) in [5, 5.41) is 12.0. The fraction of sp³-hybridized carbons (Fsp3) is 0.357. The minimum atomic E-state index is -1.17. The van der Waals surface area contributed by atoms with E-state index in [0.717, 1.165) is 27.1 Å². The van der Waals surface area contributed by atoms with Gasteiger partial charge >= 0.3 is 6.09 Å². The molecule has 0 aliphatic rings. The number of anilines is 1. The molecular formula is C28H35N7O5. The van der Waals surface area contributed by atoms with Crippen molar-refractivity contribution in [3.63, 3.8) is 0 Å². The first-order chi connectivity index (χ1) is 19.0. The van der Waals surface area contributed by atoms with Gasteiger partial charge in [0, 0.05) is 45.6 Å². The van der Waals surface area contributed by atoms with E-state index >= 15 is 0 Å². The van der Waals surface area contributed by atoms with Crippen LogP contribution in [0, 0.1) is 5.92 Å². The Hall–Kier alpha value is -4.74. The van der Waals surface area contributed by atoms with Crippen LogP contribution in [0.5, 0.6) is 0 Å². The van der Waals surface area contributed by atoms with Crippen LogP contribution in [-0.2, 0) is 16.1 Å². The SMILES string of the molecule is CC(C)=Cc1cncc2[nH]c(Cn3cccc(NC(=O)[C@@H](CC/C=C/C(=O)N(C)C)CN(C)C(=O)O)c3=O)nc12. The Kier molecular flexibility index (Phi) is 9.96. The molecule has 0 aliphatic heterocycles. The van der Waals surface area contributed by atoms with Gasteiger partial charge < -0.3 is 29.8 Å². The lowest BCUT2D eigenvalue weighted by Gasteiger charge is -2.21. The van der Waals surface area contributed by atoms with Crippen molar-refractivity contribution in [2.24, 2.45) is 5.92 Å². The van der Waals surface area contributed by atoms with E-state index in [1.54, 1.807) is 44.8 Å². The second-order valence-corrected chi connectivity index (χ2v) is 9.95. The van der Waals surface area contributed by atoms with Crippen LogP contribution in [0.15, 0.2) is 53.2 Å². The van der Waals surface area contributed by atoms with Gasteiger partial charge in [-0.2, -0.15) is 0 Å². The number of likely N-dealkylation sites (N-methyl/N-ethyl adjacent to an activating group) is 1. The molecule has 0 unspecified atom stereocenters. The summed E-state index contributed by atoms with van der Waals surface area (Å²) in [5.74, 6) is -0.875. The largest absolute Gasteiger partial charge is 0.465 e. The number of aromatic amines is 1. The molecule has 12 nitrogen and oxygen atoms in total. The number of aromatic nitrogens is 4. The van der Waals surface area contributed by atoms with Crippen molar-refractivity contribution in [3.05, 3.63) is 70.2 Å². The van der Waals surface area contributed by atoms with Crippen molar-refractivity contribution >= 4 is 40.7 Å². The summed E-state index contributed by atoms with van der Waals surface area (Å²) in [6.45, 7) is 4.04. The maximum Gasteiger partial charge on any atom is 0.407 e. The lowest BCUT2D eigenvalue weighted by atomic mass is 10.0. The molecule has 3 heterocycles. The van der Waals surface area contributed by atoms with Gasteiger partial charge in [-0.1, -0.05) is 17.7 Å². The lowest BCUT2D eigenvalue weighted by molar-refractivity contribution is -0.123. The molecule has 40 heavy (non-hydrogen) atoms. The highest BCUT2D eigenvalue weighted by molar-refractivity contribution is 5.93. The first kappa shape index (κ1) is 29.8. The van der Waals surface area contributed by atoms with Crippen molar-refractivity contribution in [2.45, 2.75) is 33.2 Å². The molecule has 0 saturated carbocycles. The van der Waals surface area contributed by atoms with E-state index in [1.807, 2.05) is 19.9 Å². The summed E-state index contributed by atoms with van der Waals surface area (Å²) in [6.07, 6.45) is 9.52. The molecule has 0 aliphatic carbocycles. The number of hydrogen-bond donors (Lipinski definition) is 3. The predicted octanol–water partition coefficient (Wildman–Crippen LogP) is 3.18. The van der Waals surface area contributed by atoms with Crippen LogP contribution in [0.4, 0.5) is 10.5 Å². The number of pyridine rings is 2. The number of carbonyl (C=O) groups excluding carboxylic acids is 2. The molecule has 3 amide bonds. The molecule has 3 aromatic rings. The Morgan fingerprint density at radius 1 is 1.20 bits per heavy atom. The Morgan fingerprint density at radius 2 is 1.95 bits per heavy atom. The summed E-state index contributed by atoms with van der Waals surface area (Å²) >= 11 is 0. The van der Waals surface area contributed by atoms with E-state index in [2.05, 4.69) is 20.3 Å². The zero-order valence-electron chi connectivity index (χ0n) is 23.3. The highest BCUT2D eigenvalue weighted by Gasteiger charge is 2.23. The number of rotatable bonds is 11. The first-order valence-electron chi connectivity index (χ1n) is 12.8. The molecule has 12 heteroatoms. The Balaban J connectivity index is 1.78. The molecule has 3 N–H and O–H groups in total. The van der Waals surface area contributed by atoms with Crippen LogP contribution in [0.2, 0.25) is 0 Å². The number of H-pyrrole nitrogens is 1. The summed E-state index contributed by atoms with van der Waals surface area (Å²) in [5.41, 5.74) is 3.10. The quantitative estimate of drug-likeness (QED) is 0.311. The normalized spacial score (nSPS) is 11.8. The van der Waals surface area contributed by atoms with Crippen LogP contribution in [0.25, 0.3) is 17.1 Å². The summed E-state index contributed by atoms with van der Waals surface area (Å²) in [6, 6.07) is 3.14. The molecule has 0 spiro atoms. The number of carboxylic acid groups (broad SMARTS) is 1. The Bertz CT molecular complexity index is 1500. The standard InChI is InChI=1S/C28H35N7O5/c1-18(2)13-20-14-29-15-22-25(20)32-23(30-22)17-35-12-8-10-21(27(35)38)31-26(37)19(16-34(5)28(39)40)9-6-7-11-24(36)33(3)4/h7-8,10-15,19H,6,9,16-17H2,1-5H3,(H,30,32)(H,31,37)(H,39,40)/b11-7+/t19-/m0/s1. The van der Waals surface area contributed by atoms with E-state index in [-0.39, 0.29) is 31.1 Å². The fourth-order valence-corrected chi connectivity index (χ4v) is 3.99. The maximum absolute atomic E-state index is 13.2. The zero-order valence-corrected chi connectivity index (χ0v) is 23.3. The van der Waals surface area contributed by atoms with Gasteiger partial charge in [0.1, 0.15) is 11.5 Å². The summed E-state index contributed by atoms with van der Waals surface area (Å²) in [4.78, 5) is 64.1. The number of nitrogens with one attached hydrogen (secondary N) is 2. The Morgan fingerprint density at radius 3 is 2.62 bits per heavy atom. The minimum Gasteiger partial charge on any atom is -0.465 e. The summed E-state index contributed by atoms with van der Waals surface area (Å²) < 4.78 is 1.43. The topological polar surface area (TPSA) is 154 Å². The van der Waals surface area contributed by atoms with Crippen molar-refractivity contribution in [3.8, 4) is 0 Å². The number of hydrogen-bond acceptors (Lipinski definition) is 6. The molecule has 0 fully saturated rings. The number of carbonyl (C=O) groups is 3. The highest BCUT2D eigenvalue weighted by atomic mass is 16.4. The monoisotopic (exact) mass is 549 g/mol. The molecule has 0 bridgehead atoms. The zero-order chi connectivity index (χ0) is 29.4. The van der Waals surface area contributed by atoms with E-state index in [0.29, 0.717) is 12.2 Å². The molecule has 3 aromatic heterocycles. The number of fused-ring (bicyclic) bond motifs is 1. The van der Waals surface area contributed by atoms with Crippen LogP contribution in [-0.4, -0.2) is 80.0 Å². The van der Waals surface area contributed by atoms with Gasteiger partial charge in [0.25, 0.3) is 5.56 Å². The van der Waals surface area contributed by atoms with E-state index in [9.17, 15) is 24.3 Å². The van der Waals surface area contributed by atoms with Crippen LogP contribution in [0.3, 0.4) is 0 Å². The van der Waals surface area contributed by atoms with E-state index < -0.39 is 23.5 Å². The molecule has 212 valence electrons. The van der Waals surface area contributed by atoms with Gasteiger partial charge in [-0.05, 0) is 44.9 Å². The van der Waals surface area contributed by atoms with Crippen molar-refractivity contribution < 1.29 is 19.5 Å². The molecule has 3 rings (SSSR count). The van der Waals surface area contributed by atoms with Crippen LogP contribution in [0.1, 0.15) is 38.1 Å². The first-order valence-corrected chi connectivity index (χ1v) is 12.8. The molecule has 0 aromatic carbocycles. The summed E-state index contributed by atoms with van der Waals surface area (Å²) in [7, 11) is 4.63. The molecule has 1 atom stereocenters. The molecular weight excluding hydrogens is 514 g/mol. The maximum atomic E-state index is 13.2. The highest BCUT2D eigenvalue weighted by Crippen LogP contribution is 2.18. The smallest absolute Gasteiger partial charge is 0.407 e. The minimum absolute atomic E-state index is 0.0665. The fourth-order valence-electron chi connectivity index (χ4n) is 3.99. The van der Waals surface area contributed by atoms with Crippen molar-refractivity contribution in [1.82, 2.24) is 29.3 Å². The van der Waals surface area contributed by atoms with E-state index in [1.165, 1.54) is 28.7 Å². The van der Waals surface area contributed by atoms with Gasteiger partial charge in [-0.15, -0.1) is 0 Å². The second-order valence-electron chi connectivity index (χ2n) is 9.95. The average molecular weight is 550 g/mol. The van der Waals surface area contributed by atoms with Gasteiger partial charge in [-0.25, -0.2) is 9.78 Å². The number of imidazole rings is 1. The van der Waals surface area contributed by atoms with Gasteiger partial charge in [0.2, 0.25) is 11.8 Å². The van der Waals surface area contributed by atoms with Crippen LogP contribution >= 0.6 is 0 Å². The lowest BCUT2D eigenvalue weighted by Crippen LogP contribution is -2.37. The number of allylic oxidation sites excluding steroid dienone is 2. The molecule has 0 radical (unpaired) electrons. The predicted molar refractivity (Wildman–Crippen MR) is 153 cm³/mol. The van der Waals surface area contributed by atoms with Gasteiger partial charge in [-0.3, -0.25) is 19.4 Å². The average Bonchev–Trinajstić information content (AvgIpc) is 3.31. The number of amides is 3. The Labute approximate surface area is 232 Å². The third kappa shape index (κ3) is 7.88. The van der Waals surface area contributed by atoms with E-state index in [4.69, 9.17) is 0 Å². The van der Waals surface area contributed by atoms with Crippen molar-refractivity contribution in [2.75, 3.05) is 33.0 Å². The number of nitrogens with zero attached hydrogens (tertiary/aromatic N) is 5. The van der Waals surface area contributed by atoms with Crippen LogP contribution < -0.4 is 10.9 Å². The third-order valence-corrected chi connectivity index (χ3v) is 6.09.